The monoisotopic (exact) mass is 413 g/mol. The minimum atomic E-state index is -0.603. The van der Waals surface area contributed by atoms with Crippen molar-refractivity contribution in [2.24, 2.45) is 0 Å². The van der Waals surface area contributed by atoms with E-state index in [1.807, 2.05) is 6.07 Å². The largest absolute Gasteiger partial charge is 0.467 e. The van der Waals surface area contributed by atoms with E-state index in [2.05, 4.69) is 16.0 Å². The molecule has 0 saturated heterocycles. The molecular formula is C21H23N3O6. The van der Waals surface area contributed by atoms with Gasteiger partial charge in [-0.3, -0.25) is 0 Å². The number of carbonyl (C=O) groups is 3. The molecule has 0 bridgehead atoms. The van der Waals surface area contributed by atoms with Gasteiger partial charge in [0.25, 0.3) is 0 Å². The molecule has 3 N–H and O–H groups in total. The second-order valence-electron chi connectivity index (χ2n) is 6.49. The summed E-state index contributed by atoms with van der Waals surface area (Å²) in [6.45, 7) is 3.64. The maximum Gasteiger partial charge on any atom is 0.340 e. The van der Waals surface area contributed by atoms with Gasteiger partial charge in [-0.05, 0) is 38.1 Å². The fraction of sp³-hybridized carbons (Fsp3) is 0.286. The molecule has 3 rings (SSSR count). The molecule has 1 unspecified atom stereocenters. The van der Waals surface area contributed by atoms with Crippen molar-refractivity contribution in [3.8, 4) is 0 Å². The third-order valence-corrected chi connectivity index (χ3v) is 4.39. The highest BCUT2D eigenvalue weighted by molar-refractivity contribution is 5.97. The smallest absolute Gasteiger partial charge is 0.340 e. The van der Waals surface area contributed by atoms with Crippen molar-refractivity contribution >= 4 is 23.7 Å². The van der Waals surface area contributed by atoms with Crippen LogP contribution in [0.3, 0.4) is 0 Å². The second kappa shape index (κ2) is 9.64. The normalized spacial score (nSPS) is 15.8. The van der Waals surface area contributed by atoms with Gasteiger partial charge in [0.15, 0.2) is 0 Å². The van der Waals surface area contributed by atoms with Crippen LogP contribution < -0.4 is 16.0 Å². The van der Waals surface area contributed by atoms with E-state index in [1.165, 1.54) is 0 Å². The zero-order valence-corrected chi connectivity index (χ0v) is 16.7. The first-order chi connectivity index (χ1) is 14.5. The van der Waals surface area contributed by atoms with E-state index in [1.54, 1.807) is 50.4 Å². The summed E-state index contributed by atoms with van der Waals surface area (Å²) in [6.07, 6.45) is 1.57. The van der Waals surface area contributed by atoms with E-state index in [-0.39, 0.29) is 24.5 Å². The molecule has 30 heavy (non-hydrogen) atoms. The van der Waals surface area contributed by atoms with E-state index in [4.69, 9.17) is 13.9 Å². The number of rotatable bonds is 8. The molecular weight excluding hydrogens is 390 g/mol. The van der Waals surface area contributed by atoms with Gasteiger partial charge in [-0.2, -0.15) is 0 Å². The Bertz CT molecular complexity index is 951. The first-order valence-corrected chi connectivity index (χ1v) is 9.49. The summed E-state index contributed by atoms with van der Waals surface area (Å²) in [5, 5.41) is 8.25. The Balaban J connectivity index is 1.73. The average Bonchev–Trinajstić information content (AvgIpc) is 3.24. The van der Waals surface area contributed by atoms with Crippen LogP contribution in [0.1, 0.15) is 30.0 Å². The number of furan rings is 1. The number of nitrogens with one attached hydrogen (secondary N) is 3. The predicted octanol–water partition coefficient (Wildman–Crippen LogP) is 2.57. The molecule has 0 spiro atoms. The number of benzene rings is 1. The highest BCUT2D eigenvalue weighted by Gasteiger charge is 2.30. The van der Waals surface area contributed by atoms with Crippen LogP contribution in [0.25, 0.3) is 0 Å². The van der Waals surface area contributed by atoms with E-state index < -0.39 is 24.0 Å². The van der Waals surface area contributed by atoms with Crippen molar-refractivity contribution in [1.82, 2.24) is 10.6 Å². The highest BCUT2D eigenvalue weighted by atomic mass is 16.5. The van der Waals surface area contributed by atoms with Crippen LogP contribution in [0.5, 0.6) is 0 Å². The van der Waals surface area contributed by atoms with Crippen molar-refractivity contribution in [2.75, 3.05) is 18.5 Å². The lowest BCUT2D eigenvalue weighted by Crippen LogP contribution is -2.50. The molecule has 158 valence electrons. The van der Waals surface area contributed by atoms with E-state index in [9.17, 15) is 14.4 Å². The van der Waals surface area contributed by atoms with E-state index in [0.717, 1.165) is 0 Å². The number of amides is 2. The molecule has 1 aromatic carbocycles. The molecule has 0 fully saturated rings. The number of ether oxygens (including phenoxy) is 2. The second-order valence-corrected chi connectivity index (χ2v) is 6.49. The van der Waals surface area contributed by atoms with Crippen molar-refractivity contribution in [1.29, 1.82) is 0 Å². The van der Waals surface area contributed by atoms with Gasteiger partial charge in [0, 0.05) is 5.69 Å². The lowest BCUT2D eigenvalue weighted by atomic mass is 10.0. The first-order valence-electron chi connectivity index (χ1n) is 9.49. The molecule has 1 aliphatic rings. The third-order valence-electron chi connectivity index (χ3n) is 4.39. The van der Waals surface area contributed by atoms with Crippen LogP contribution >= 0.6 is 0 Å². The number of anilines is 1. The number of hydrogen-bond donors (Lipinski definition) is 3. The van der Waals surface area contributed by atoms with Crippen molar-refractivity contribution in [2.45, 2.75) is 26.4 Å². The van der Waals surface area contributed by atoms with Gasteiger partial charge >= 0.3 is 18.0 Å². The van der Waals surface area contributed by atoms with E-state index >= 15 is 0 Å². The van der Waals surface area contributed by atoms with Gasteiger partial charge in [0.1, 0.15) is 12.4 Å². The molecule has 2 amide bonds. The Labute approximate surface area is 173 Å². The molecule has 2 heterocycles. The molecule has 9 nitrogen and oxygen atoms in total. The maximum absolute atomic E-state index is 12.7. The summed E-state index contributed by atoms with van der Waals surface area (Å²) < 4.78 is 15.7. The lowest BCUT2D eigenvalue weighted by molar-refractivity contribution is -0.139. The molecule has 0 radical (unpaired) electrons. The fourth-order valence-corrected chi connectivity index (χ4v) is 3.02. The summed E-state index contributed by atoms with van der Waals surface area (Å²) in [6, 6.07) is 9.41. The van der Waals surface area contributed by atoms with Crippen LogP contribution in [0.4, 0.5) is 10.5 Å². The number of hydrogen-bond acceptors (Lipinski definition) is 7. The quantitative estimate of drug-likeness (QED) is 0.569. The predicted molar refractivity (Wildman–Crippen MR) is 108 cm³/mol. The molecule has 2 aromatic rings. The molecule has 0 aliphatic carbocycles. The Morgan fingerprint density at radius 2 is 1.93 bits per heavy atom. The van der Waals surface area contributed by atoms with Crippen molar-refractivity contribution in [3.05, 3.63) is 65.3 Å². The Morgan fingerprint density at radius 3 is 2.67 bits per heavy atom. The van der Waals surface area contributed by atoms with Crippen LogP contribution in [0.2, 0.25) is 0 Å². The summed E-state index contributed by atoms with van der Waals surface area (Å²) in [7, 11) is 0. The van der Waals surface area contributed by atoms with Crippen LogP contribution in [-0.4, -0.2) is 37.2 Å². The number of urea groups is 1. The zero-order valence-electron chi connectivity index (χ0n) is 16.7. The van der Waals surface area contributed by atoms with Gasteiger partial charge in [-0.15, -0.1) is 0 Å². The molecule has 1 atom stereocenters. The number of carbonyl (C=O) groups excluding carboxylic acids is 3. The standard InChI is InChI=1S/C21H23N3O6/c1-3-28-20(26)18-13(2)23-21(27)24-17(18)12-30-19(25)15-8-4-5-9-16(15)22-11-14-7-6-10-29-14/h4-10,13,22H,3,11-12H2,1-2H3,(H2,23,24,27). The average molecular weight is 413 g/mol. The van der Waals surface area contributed by atoms with Crippen LogP contribution in [0.15, 0.2) is 58.3 Å². The molecule has 1 aromatic heterocycles. The number of para-hydroxylation sites is 1. The Morgan fingerprint density at radius 1 is 1.13 bits per heavy atom. The summed E-state index contributed by atoms with van der Waals surface area (Å²) >= 11 is 0. The Kier molecular flexibility index (Phi) is 6.74. The Hall–Kier alpha value is -3.75. The van der Waals surface area contributed by atoms with Gasteiger partial charge in [0.2, 0.25) is 0 Å². The van der Waals surface area contributed by atoms with Crippen molar-refractivity contribution in [3.63, 3.8) is 0 Å². The molecule has 1 aliphatic heterocycles. The first kappa shape index (κ1) is 21.0. The summed E-state index contributed by atoms with van der Waals surface area (Å²) in [4.78, 5) is 36.8. The van der Waals surface area contributed by atoms with Crippen molar-refractivity contribution < 1.29 is 28.3 Å². The van der Waals surface area contributed by atoms with Gasteiger partial charge in [-0.1, -0.05) is 12.1 Å². The number of esters is 2. The zero-order chi connectivity index (χ0) is 21.5. The topological polar surface area (TPSA) is 119 Å². The SMILES string of the molecule is CCOC(=O)C1=C(COC(=O)c2ccccc2NCc2ccco2)NC(=O)NC1C. The van der Waals surface area contributed by atoms with E-state index in [0.29, 0.717) is 23.6 Å². The van der Waals surface area contributed by atoms with Gasteiger partial charge in [-0.25, -0.2) is 14.4 Å². The maximum atomic E-state index is 12.7. The highest BCUT2D eigenvalue weighted by Crippen LogP contribution is 2.19. The molecule has 9 heteroatoms. The summed E-state index contributed by atoms with van der Waals surface area (Å²) in [5.41, 5.74) is 1.30. The molecule has 0 saturated carbocycles. The minimum absolute atomic E-state index is 0.185. The minimum Gasteiger partial charge on any atom is -0.467 e. The lowest BCUT2D eigenvalue weighted by Gasteiger charge is -2.26. The third kappa shape index (κ3) is 4.99. The van der Waals surface area contributed by atoms with Crippen LogP contribution in [-0.2, 0) is 20.8 Å². The van der Waals surface area contributed by atoms with Gasteiger partial charge in [0.05, 0.1) is 42.3 Å². The summed E-state index contributed by atoms with van der Waals surface area (Å²) in [5.74, 6) is -0.466. The fourth-order valence-electron chi connectivity index (χ4n) is 3.02. The van der Waals surface area contributed by atoms with Crippen LogP contribution in [0, 0.1) is 0 Å². The van der Waals surface area contributed by atoms with Gasteiger partial charge < -0.3 is 29.8 Å².